The van der Waals surface area contributed by atoms with Crippen molar-refractivity contribution in [3.05, 3.63) is 18.2 Å². The van der Waals surface area contributed by atoms with Crippen molar-refractivity contribution >= 4 is 5.97 Å². The number of carboxylic acid groups (broad SMARTS) is 1. The highest BCUT2D eigenvalue weighted by molar-refractivity contribution is 5.67. The van der Waals surface area contributed by atoms with Gasteiger partial charge in [0.05, 0.1) is 6.42 Å². The maximum atomic E-state index is 10.5. The summed E-state index contributed by atoms with van der Waals surface area (Å²) in [7, 11) is 0. The van der Waals surface area contributed by atoms with Crippen LogP contribution in [0.1, 0.15) is 38.4 Å². The fourth-order valence-corrected chi connectivity index (χ4v) is 1.53. The summed E-state index contributed by atoms with van der Waals surface area (Å²) in [6.07, 6.45) is 4.80. The van der Waals surface area contributed by atoms with E-state index in [9.17, 15) is 4.79 Å². The van der Waals surface area contributed by atoms with E-state index in [1.54, 1.807) is 6.20 Å². The first kappa shape index (κ1) is 10.8. The lowest BCUT2D eigenvalue weighted by Gasteiger charge is -2.11. The molecule has 0 aliphatic heterocycles. The van der Waals surface area contributed by atoms with Gasteiger partial charge < -0.3 is 9.67 Å². The van der Waals surface area contributed by atoms with Crippen molar-refractivity contribution in [1.29, 1.82) is 0 Å². The van der Waals surface area contributed by atoms with Crippen LogP contribution in [-0.4, -0.2) is 20.6 Å². The standard InChI is InChI=1S/C10H16N2O2/c1-3-5-12-6-4-11-10(12)8(2)7-9(13)14/h4,6,8H,3,5,7H2,1-2H3,(H,13,14). The number of aliphatic carboxylic acids is 1. The van der Waals surface area contributed by atoms with Crippen LogP contribution in [0.5, 0.6) is 0 Å². The van der Waals surface area contributed by atoms with Crippen molar-refractivity contribution in [3.63, 3.8) is 0 Å². The normalized spacial score (nSPS) is 12.7. The Labute approximate surface area is 83.6 Å². The molecule has 0 aliphatic rings. The maximum absolute atomic E-state index is 10.5. The fraction of sp³-hybridized carbons (Fsp3) is 0.600. The van der Waals surface area contributed by atoms with E-state index < -0.39 is 5.97 Å². The lowest BCUT2D eigenvalue weighted by Crippen LogP contribution is -2.10. The fourth-order valence-electron chi connectivity index (χ4n) is 1.53. The molecule has 1 atom stereocenters. The molecule has 78 valence electrons. The number of rotatable bonds is 5. The van der Waals surface area contributed by atoms with Gasteiger partial charge >= 0.3 is 5.97 Å². The lowest BCUT2D eigenvalue weighted by molar-refractivity contribution is -0.137. The Morgan fingerprint density at radius 1 is 1.71 bits per heavy atom. The van der Waals surface area contributed by atoms with Gasteiger partial charge in [0, 0.05) is 24.9 Å². The van der Waals surface area contributed by atoms with E-state index in [0.717, 1.165) is 18.8 Å². The molecule has 0 amide bonds. The quantitative estimate of drug-likeness (QED) is 0.782. The third-order valence-corrected chi connectivity index (χ3v) is 2.13. The summed E-state index contributed by atoms with van der Waals surface area (Å²) >= 11 is 0. The molecule has 0 bridgehead atoms. The minimum absolute atomic E-state index is 0.0194. The molecule has 14 heavy (non-hydrogen) atoms. The SMILES string of the molecule is CCCn1ccnc1C(C)CC(=O)O. The Hall–Kier alpha value is -1.32. The Morgan fingerprint density at radius 3 is 3.00 bits per heavy atom. The molecule has 4 nitrogen and oxygen atoms in total. The van der Waals surface area contributed by atoms with E-state index in [0.29, 0.717) is 0 Å². The van der Waals surface area contributed by atoms with Gasteiger partial charge in [-0.1, -0.05) is 13.8 Å². The highest BCUT2D eigenvalue weighted by atomic mass is 16.4. The van der Waals surface area contributed by atoms with Gasteiger partial charge in [-0.2, -0.15) is 0 Å². The second-order valence-corrected chi connectivity index (χ2v) is 3.48. The molecular formula is C10H16N2O2. The van der Waals surface area contributed by atoms with Crippen molar-refractivity contribution in [1.82, 2.24) is 9.55 Å². The molecule has 0 fully saturated rings. The zero-order valence-electron chi connectivity index (χ0n) is 8.60. The van der Waals surface area contributed by atoms with E-state index in [2.05, 4.69) is 11.9 Å². The first-order valence-electron chi connectivity index (χ1n) is 4.88. The number of carbonyl (C=O) groups is 1. The topological polar surface area (TPSA) is 55.1 Å². The van der Waals surface area contributed by atoms with Crippen LogP contribution in [0.2, 0.25) is 0 Å². The smallest absolute Gasteiger partial charge is 0.304 e. The zero-order valence-corrected chi connectivity index (χ0v) is 8.60. The number of hydrogen-bond acceptors (Lipinski definition) is 2. The minimum Gasteiger partial charge on any atom is -0.481 e. The summed E-state index contributed by atoms with van der Waals surface area (Å²) in [4.78, 5) is 14.7. The van der Waals surface area contributed by atoms with Crippen molar-refractivity contribution in [3.8, 4) is 0 Å². The number of imidazole rings is 1. The van der Waals surface area contributed by atoms with Crippen LogP contribution in [0, 0.1) is 0 Å². The number of hydrogen-bond donors (Lipinski definition) is 1. The Bertz CT molecular complexity index is 307. The van der Waals surface area contributed by atoms with Gasteiger partial charge in [-0.15, -0.1) is 0 Å². The summed E-state index contributed by atoms with van der Waals surface area (Å²) in [5, 5.41) is 8.67. The molecule has 1 aromatic rings. The van der Waals surface area contributed by atoms with Crippen molar-refractivity contribution in [2.24, 2.45) is 0 Å². The molecule has 4 heteroatoms. The molecule has 1 rings (SSSR count). The first-order valence-corrected chi connectivity index (χ1v) is 4.88. The average Bonchev–Trinajstić information content (AvgIpc) is 2.51. The van der Waals surface area contributed by atoms with Gasteiger partial charge in [0.25, 0.3) is 0 Å². The Kier molecular flexibility index (Phi) is 3.68. The lowest BCUT2D eigenvalue weighted by atomic mass is 10.1. The highest BCUT2D eigenvalue weighted by Crippen LogP contribution is 2.17. The molecular weight excluding hydrogens is 180 g/mol. The summed E-state index contributed by atoms with van der Waals surface area (Å²) < 4.78 is 2.02. The largest absolute Gasteiger partial charge is 0.481 e. The Morgan fingerprint density at radius 2 is 2.43 bits per heavy atom. The van der Waals surface area contributed by atoms with Crippen molar-refractivity contribution in [2.75, 3.05) is 0 Å². The maximum Gasteiger partial charge on any atom is 0.304 e. The molecule has 0 saturated carbocycles. The van der Waals surface area contributed by atoms with Crippen LogP contribution in [0.3, 0.4) is 0 Å². The average molecular weight is 196 g/mol. The van der Waals surface area contributed by atoms with Crippen LogP contribution in [0.4, 0.5) is 0 Å². The minimum atomic E-state index is -0.774. The van der Waals surface area contributed by atoms with Gasteiger partial charge in [-0.05, 0) is 6.42 Å². The van der Waals surface area contributed by atoms with E-state index in [4.69, 9.17) is 5.11 Å². The molecule has 1 unspecified atom stereocenters. The summed E-state index contributed by atoms with van der Waals surface area (Å²) in [6, 6.07) is 0. The van der Waals surface area contributed by atoms with Crippen LogP contribution in [0.15, 0.2) is 12.4 Å². The second-order valence-electron chi connectivity index (χ2n) is 3.48. The number of carboxylic acids is 1. The molecule has 0 radical (unpaired) electrons. The van der Waals surface area contributed by atoms with Gasteiger partial charge in [0.15, 0.2) is 0 Å². The zero-order chi connectivity index (χ0) is 10.6. The molecule has 0 saturated heterocycles. The van der Waals surface area contributed by atoms with Gasteiger partial charge in [-0.25, -0.2) is 4.98 Å². The van der Waals surface area contributed by atoms with Crippen LogP contribution >= 0.6 is 0 Å². The number of aryl methyl sites for hydroxylation is 1. The van der Waals surface area contributed by atoms with Crippen LogP contribution in [0.25, 0.3) is 0 Å². The Balaban J connectivity index is 2.72. The van der Waals surface area contributed by atoms with Crippen molar-refractivity contribution in [2.45, 2.75) is 39.2 Å². The first-order chi connectivity index (χ1) is 6.65. The summed E-state index contributed by atoms with van der Waals surface area (Å²) in [5.74, 6) is 0.0758. The van der Waals surface area contributed by atoms with E-state index in [1.807, 2.05) is 17.7 Å². The van der Waals surface area contributed by atoms with Crippen molar-refractivity contribution < 1.29 is 9.90 Å². The van der Waals surface area contributed by atoms with E-state index in [1.165, 1.54) is 0 Å². The molecule has 0 spiro atoms. The predicted molar refractivity (Wildman–Crippen MR) is 53.2 cm³/mol. The van der Waals surface area contributed by atoms with E-state index >= 15 is 0 Å². The molecule has 1 heterocycles. The highest BCUT2D eigenvalue weighted by Gasteiger charge is 2.14. The number of aromatic nitrogens is 2. The monoisotopic (exact) mass is 196 g/mol. The molecule has 0 aliphatic carbocycles. The second kappa shape index (κ2) is 4.79. The third kappa shape index (κ3) is 2.58. The number of nitrogens with zero attached hydrogens (tertiary/aromatic N) is 2. The third-order valence-electron chi connectivity index (χ3n) is 2.13. The summed E-state index contributed by atoms with van der Waals surface area (Å²) in [6.45, 7) is 4.88. The van der Waals surface area contributed by atoms with Gasteiger partial charge in [0.2, 0.25) is 0 Å². The van der Waals surface area contributed by atoms with Gasteiger partial charge in [-0.3, -0.25) is 4.79 Å². The summed E-state index contributed by atoms with van der Waals surface area (Å²) in [5.41, 5.74) is 0. The predicted octanol–water partition coefficient (Wildman–Crippen LogP) is 1.87. The molecule has 1 aromatic heterocycles. The molecule has 1 N–H and O–H groups in total. The molecule has 0 aromatic carbocycles. The van der Waals surface area contributed by atoms with E-state index in [-0.39, 0.29) is 12.3 Å². The van der Waals surface area contributed by atoms with Crippen LogP contribution < -0.4 is 0 Å². The van der Waals surface area contributed by atoms with Gasteiger partial charge in [0.1, 0.15) is 5.82 Å². The van der Waals surface area contributed by atoms with Crippen LogP contribution in [-0.2, 0) is 11.3 Å².